The van der Waals surface area contributed by atoms with Gasteiger partial charge in [0.25, 0.3) is 0 Å². The van der Waals surface area contributed by atoms with Gasteiger partial charge in [0, 0.05) is 6.04 Å². The van der Waals surface area contributed by atoms with Gasteiger partial charge in [0.2, 0.25) is 0 Å². The molecule has 1 saturated carbocycles. The van der Waals surface area contributed by atoms with Gasteiger partial charge in [0.15, 0.2) is 0 Å². The summed E-state index contributed by atoms with van der Waals surface area (Å²) in [6.45, 7) is 2.13. The van der Waals surface area contributed by atoms with Gasteiger partial charge >= 0.3 is 0 Å². The van der Waals surface area contributed by atoms with Gasteiger partial charge in [-0.05, 0) is 42.5 Å². The average molecular weight is 276 g/mol. The van der Waals surface area contributed by atoms with E-state index in [0.717, 1.165) is 18.1 Å². The van der Waals surface area contributed by atoms with Crippen molar-refractivity contribution in [3.05, 3.63) is 29.3 Å². The van der Waals surface area contributed by atoms with E-state index in [1.807, 2.05) is 6.07 Å². The summed E-state index contributed by atoms with van der Waals surface area (Å²) in [5, 5.41) is 0. The SMILES string of the molecule is COc1ccc(C(CC2CCCCCC2)NN)c(C)c1. The number of nitrogens with two attached hydrogens (primary N) is 1. The number of aryl methyl sites for hydroxylation is 1. The Morgan fingerprint density at radius 2 is 1.95 bits per heavy atom. The van der Waals surface area contributed by atoms with Crippen molar-refractivity contribution in [1.29, 1.82) is 0 Å². The number of nitrogens with one attached hydrogen (secondary N) is 1. The lowest BCUT2D eigenvalue weighted by molar-refractivity contribution is 0.358. The third kappa shape index (κ3) is 3.97. The summed E-state index contributed by atoms with van der Waals surface area (Å²) in [6, 6.07) is 6.52. The van der Waals surface area contributed by atoms with Crippen LogP contribution in [0.2, 0.25) is 0 Å². The molecular weight excluding hydrogens is 248 g/mol. The Balaban J connectivity index is 2.06. The van der Waals surface area contributed by atoms with Gasteiger partial charge < -0.3 is 4.74 Å². The van der Waals surface area contributed by atoms with Crippen LogP contribution in [-0.4, -0.2) is 7.11 Å². The highest BCUT2D eigenvalue weighted by atomic mass is 16.5. The predicted octanol–water partition coefficient (Wildman–Crippen LogP) is 3.87. The maximum atomic E-state index is 5.82. The van der Waals surface area contributed by atoms with E-state index in [9.17, 15) is 0 Å². The zero-order valence-electron chi connectivity index (χ0n) is 12.8. The first kappa shape index (κ1) is 15.3. The van der Waals surface area contributed by atoms with Crippen molar-refractivity contribution >= 4 is 0 Å². The lowest BCUT2D eigenvalue weighted by Crippen LogP contribution is -2.30. The molecule has 1 aliphatic carbocycles. The fraction of sp³-hybridized carbons (Fsp3) is 0.647. The first-order valence-corrected chi connectivity index (χ1v) is 7.85. The van der Waals surface area contributed by atoms with Crippen LogP contribution in [0.1, 0.15) is 62.1 Å². The zero-order chi connectivity index (χ0) is 14.4. The standard InChI is InChI=1S/C17H28N2O/c1-13-11-15(20-2)9-10-16(13)17(19-18)12-14-7-5-3-4-6-8-14/h9-11,14,17,19H,3-8,12,18H2,1-2H3. The molecule has 0 amide bonds. The molecule has 1 aliphatic rings. The Morgan fingerprint density at radius 3 is 2.50 bits per heavy atom. The summed E-state index contributed by atoms with van der Waals surface area (Å²) >= 11 is 0. The number of hydrazine groups is 1. The van der Waals surface area contributed by atoms with E-state index < -0.39 is 0 Å². The molecule has 112 valence electrons. The smallest absolute Gasteiger partial charge is 0.119 e. The number of hydrogen-bond donors (Lipinski definition) is 2. The normalized spacial score (nSPS) is 18.6. The van der Waals surface area contributed by atoms with Crippen LogP contribution in [0.25, 0.3) is 0 Å². The maximum Gasteiger partial charge on any atom is 0.119 e. The second kappa shape index (κ2) is 7.65. The minimum atomic E-state index is 0.254. The number of rotatable bonds is 5. The highest BCUT2D eigenvalue weighted by molar-refractivity contribution is 5.36. The molecule has 0 bridgehead atoms. The topological polar surface area (TPSA) is 47.3 Å². The Kier molecular flexibility index (Phi) is 5.86. The van der Waals surface area contributed by atoms with Crippen molar-refractivity contribution in [2.45, 2.75) is 57.9 Å². The van der Waals surface area contributed by atoms with Crippen LogP contribution in [0.5, 0.6) is 5.75 Å². The second-order valence-electron chi connectivity index (χ2n) is 6.04. The van der Waals surface area contributed by atoms with Crippen LogP contribution in [0.4, 0.5) is 0 Å². The molecule has 0 spiro atoms. The fourth-order valence-corrected chi connectivity index (χ4v) is 3.38. The average Bonchev–Trinajstić information content (AvgIpc) is 2.73. The van der Waals surface area contributed by atoms with E-state index in [4.69, 9.17) is 10.6 Å². The van der Waals surface area contributed by atoms with E-state index >= 15 is 0 Å². The van der Waals surface area contributed by atoms with E-state index in [0.29, 0.717) is 0 Å². The van der Waals surface area contributed by atoms with Gasteiger partial charge in [-0.25, -0.2) is 0 Å². The molecule has 20 heavy (non-hydrogen) atoms. The minimum Gasteiger partial charge on any atom is -0.497 e. The van der Waals surface area contributed by atoms with E-state index in [2.05, 4.69) is 24.5 Å². The summed E-state index contributed by atoms with van der Waals surface area (Å²) in [5.74, 6) is 7.54. The van der Waals surface area contributed by atoms with Crippen LogP contribution >= 0.6 is 0 Å². The molecule has 0 aliphatic heterocycles. The Hall–Kier alpha value is -1.06. The summed E-state index contributed by atoms with van der Waals surface area (Å²) in [6.07, 6.45) is 9.41. The molecule has 0 aromatic heterocycles. The summed E-state index contributed by atoms with van der Waals surface area (Å²) < 4.78 is 5.28. The molecule has 2 rings (SSSR count). The predicted molar refractivity (Wildman–Crippen MR) is 83.6 cm³/mol. The summed E-state index contributed by atoms with van der Waals surface area (Å²) in [4.78, 5) is 0. The van der Waals surface area contributed by atoms with Gasteiger partial charge in [-0.3, -0.25) is 11.3 Å². The third-order valence-electron chi connectivity index (χ3n) is 4.60. The van der Waals surface area contributed by atoms with Crippen LogP contribution in [0, 0.1) is 12.8 Å². The van der Waals surface area contributed by atoms with Crippen molar-refractivity contribution in [1.82, 2.24) is 5.43 Å². The van der Waals surface area contributed by atoms with Crippen LogP contribution in [0.15, 0.2) is 18.2 Å². The third-order valence-corrected chi connectivity index (χ3v) is 4.60. The number of methoxy groups -OCH3 is 1. The van der Waals surface area contributed by atoms with Gasteiger partial charge in [0.05, 0.1) is 7.11 Å². The lowest BCUT2D eigenvalue weighted by atomic mass is 9.88. The molecule has 3 N–H and O–H groups in total. The number of benzene rings is 1. The number of ether oxygens (including phenoxy) is 1. The van der Waals surface area contributed by atoms with Crippen LogP contribution in [0.3, 0.4) is 0 Å². The molecule has 0 heterocycles. The first-order valence-electron chi connectivity index (χ1n) is 7.85. The van der Waals surface area contributed by atoms with E-state index in [1.54, 1.807) is 7.11 Å². The Labute approximate surface area is 122 Å². The highest BCUT2D eigenvalue weighted by Crippen LogP contribution is 2.32. The van der Waals surface area contributed by atoms with Crippen molar-refractivity contribution < 1.29 is 4.74 Å². The maximum absolute atomic E-state index is 5.82. The molecule has 1 fully saturated rings. The molecule has 1 unspecified atom stereocenters. The molecule has 0 saturated heterocycles. The monoisotopic (exact) mass is 276 g/mol. The summed E-state index contributed by atoms with van der Waals surface area (Å²) in [7, 11) is 1.71. The minimum absolute atomic E-state index is 0.254. The van der Waals surface area contributed by atoms with E-state index in [1.165, 1.54) is 49.7 Å². The second-order valence-corrected chi connectivity index (χ2v) is 6.04. The quantitative estimate of drug-likeness (QED) is 0.487. The zero-order valence-corrected chi connectivity index (χ0v) is 12.8. The van der Waals surface area contributed by atoms with Gasteiger partial charge in [-0.1, -0.05) is 44.6 Å². The summed E-state index contributed by atoms with van der Waals surface area (Å²) in [5.41, 5.74) is 5.58. The van der Waals surface area contributed by atoms with E-state index in [-0.39, 0.29) is 6.04 Å². The van der Waals surface area contributed by atoms with Crippen LogP contribution in [-0.2, 0) is 0 Å². The fourth-order valence-electron chi connectivity index (χ4n) is 3.38. The van der Waals surface area contributed by atoms with Crippen molar-refractivity contribution in [3.8, 4) is 5.75 Å². The molecule has 1 atom stereocenters. The van der Waals surface area contributed by atoms with Crippen molar-refractivity contribution in [2.75, 3.05) is 7.11 Å². The molecule has 3 heteroatoms. The largest absolute Gasteiger partial charge is 0.497 e. The first-order chi connectivity index (χ1) is 9.74. The molecular formula is C17H28N2O. The lowest BCUT2D eigenvalue weighted by Gasteiger charge is -2.24. The Bertz CT molecular complexity index is 411. The molecule has 1 aromatic carbocycles. The van der Waals surface area contributed by atoms with Crippen molar-refractivity contribution in [2.24, 2.45) is 11.8 Å². The molecule has 3 nitrogen and oxygen atoms in total. The molecule has 0 radical (unpaired) electrons. The Morgan fingerprint density at radius 1 is 1.25 bits per heavy atom. The number of hydrogen-bond acceptors (Lipinski definition) is 3. The molecule has 1 aromatic rings. The van der Waals surface area contributed by atoms with Crippen molar-refractivity contribution in [3.63, 3.8) is 0 Å². The van der Waals surface area contributed by atoms with Gasteiger partial charge in [-0.2, -0.15) is 0 Å². The van der Waals surface area contributed by atoms with Gasteiger partial charge in [0.1, 0.15) is 5.75 Å². The van der Waals surface area contributed by atoms with Gasteiger partial charge in [-0.15, -0.1) is 0 Å². The highest BCUT2D eigenvalue weighted by Gasteiger charge is 2.20. The van der Waals surface area contributed by atoms with Crippen LogP contribution < -0.4 is 16.0 Å².